The van der Waals surface area contributed by atoms with E-state index >= 15 is 0 Å². The van der Waals surface area contributed by atoms with E-state index in [4.69, 9.17) is 14.1 Å². The number of para-hydroxylation sites is 1. The van der Waals surface area contributed by atoms with Gasteiger partial charge >= 0.3 is 0 Å². The molecule has 2 aromatic heterocycles. The Morgan fingerprint density at radius 1 is 1.04 bits per heavy atom. The zero-order chi connectivity index (χ0) is 18.4. The van der Waals surface area contributed by atoms with Crippen LogP contribution in [0.2, 0.25) is 0 Å². The van der Waals surface area contributed by atoms with Gasteiger partial charge in [-0.1, -0.05) is 19.1 Å². The maximum atomic E-state index is 5.96. The molecule has 2 heterocycles. The minimum absolute atomic E-state index is 0.610. The quantitative estimate of drug-likeness (QED) is 0.599. The van der Waals surface area contributed by atoms with Crippen molar-refractivity contribution in [3.63, 3.8) is 0 Å². The first kappa shape index (κ1) is 18.1. The lowest BCUT2D eigenvalue weighted by atomic mass is 10.2. The summed E-state index contributed by atoms with van der Waals surface area (Å²) in [6.45, 7) is 9.23. The fraction of sp³-hybridized carbons (Fsp3) is 0.333. The highest BCUT2D eigenvalue weighted by Crippen LogP contribution is 2.31. The van der Waals surface area contributed by atoms with Gasteiger partial charge in [-0.05, 0) is 50.2 Å². The van der Waals surface area contributed by atoms with E-state index < -0.39 is 0 Å². The second-order valence-corrected chi connectivity index (χ2v) is 6.11. The summed E-state index contributed by atoms with van der Waals surface area (Å²) >= 11 is 0. The molecule has 0 unspecified atom stereocenters. The Morgan fingerprint density at radius 3 is 2.54 bits per heavy atom. The van der Waals surface area contributed by atoms with Crippen molar-refractivity contribution in [2.75, 3.05) is 13.2 Å². The SMILES string of the molecule is CCOc1ccccc1-c1nc(CN(CC)Cc2ccncc2)c(C)o1. The summed E-state index contributed by atoms with van der Waals surface area (Å²) in [6.07, 6.45) is 3.65. The van der Waals surface area contributed by atoms with E-state index in [1.165, 1.54) is 5.56 Å². The van der Waals surface area contributed by atoms with Crippen molar-refractivity contribution in [3.8, 4) is 17.2 Å². The van der Waals surface area contributed by atoms with Crippen LogP contribution in [0.25, 0.3) is 11.5 Å². The third-order valence-corrected chi connectivity index (χ3v) is 4.29. The molecular formula is C21H25N3O2. The molecule has 5 heteroatoms. The first-order valence-corrected chi connectivity index (χ1v) is 9.01. The number of oxazole rings is 1. The van der Waals surface area contributed by atoms with Gasteiger partial charge in [0.2, 0.25) is 5.89 Å². The lowest BCUT2D eigenvalue weighted by molar-refractivity contribution is 0.267. The summed E-state index contributed by atoms with van der Waals surface area (Å²) in [6, 6.07) is 11.9. The molecule has 26 heavy (non-hydrogen) atoms. The second-order valence-electron chi connectivity index (χ2n) is 6.11. The minimum atomic E-state index is 0.610. The number of aryl methyl sites for hydroxylation is 1. The van der Waals surface area contributed by atoms with Crippen molar-refractivity contribution in [2.24, 2.45) is 0 Å². The van der Waals surface area contributed by atoms with Crippen LogP contribution in [-0.4, -0.2) is 28.0 Å². The Morgan fingerprint density at radius 2 is 1.81 bits per heavy atom. The standard InChI is InChI=1S/C21H25N3O2/c1-4-24(14-17-10-12-22-13-11-17)15-19-16(3)26-21(23-19)18-8-6-7-9-20(18)25-5-2/h6-13H,4-5,14-15H2,1-3H3. The molecular weight excluding hydrogens is 326 g/mol. The van der Waals surface area contributed by atoms with Crippen LogP contribution in [0.4, 0.5) is 0 Å². The molecule has 0 saturated carbocycles. The van der Waals surface area contributed by atoms with Crippen LogP contribution in [0.1, 0.15) is 30.9 Å². The van der Waals surface area contributed by atoms with Gasteiger partial charge in [0, 0.05) is 25.5 Å². The molecule has 136 valence electrons. The zero-order valence-electron chi connectivity index (χ0n) is 15.6. The topological polar surface area (TPSA) is 51.4 Å². The van der Waals surface area contributed by atoms with Crippen LogP contribution in [0.15, 0.2) is 53.2 Å². The van der Waals surface area contributed by atoms with Gasteiger partial charge in [0.25, 0.3) is 0 Å². The Bertz CT molecular complexity index is 830. The predicted molar refractivity (Wildman–Crippen MR) is 102 cm³/mol. The van der Waals surface area contributed by atoms with E-state index in [0.717, 1.165) is 42.4 Å². The van der Waals surface area contributed by atoms with Gasteiger partial charge in [0.05, 0.1) is 17.9 Å². The van der Waals surface area contributed by atoms with Crippen LogP contribution in [-0.2, 0) is 13.1 Å². The molecule has 0 fully saturated rings. The van der Waals surface area contributed by atoms with E-state index in [2.05, 4.69) is 16.8 Å². The third-order valence-electron chi connectivity index (χ3n) is 4.29. The fourth-order valence-corrected chi connectivity index (χ4v) is 2.85. The number of aromatic nitrogens is 2. The third kappa shape index (κ3) is 4.29. The Kier molecular flexibility index (Phi) is 6.02. The van der Waals surface area contributed by atoms with Crippen molar-refractivity contribution in [3.05, 3.63) is 65.8 Å². The van der Waals surface area contributed by atoms with Crippen molar-refractivity contribution in [2.45, 2.75) is 33.9 Å². The predicted octanol–water partition coefficient (Wildman–Crippen LogP) is 4.47. The summed E-state index contributed by atoms with van der Waals surface area (Å²) < 4.78 is 11.7. The molecule has 3 aromatic rings. The van der Waals surface area contributed by atoms with Crippen LogP contribution in [0.5, 0.6) is 5.75 Å². The second kappa shape index (κ2) is 8.63. The number of rotatable bonds is 8. The lowest BCUT2D eigenvalue weighted by Gasteiger charge is -2.19. The summed E-state index contributed by atoms with van der Waals surface area (Å²) in [5, 5.41) is 0. The molecule has 0 atom stereocenters. The van der Waals surface area contributed by atoms with Crippen LogP contribution in [0.3, 0.4) is 0 Å². The number of benzene rings is 1. The largest absolute Gasteiger partial charge is 0.493 e. The average molecular weight is 351 g/mol. The van der Waals surface area contributed by atoms with Gasteiger partial charge in [0.15, 0.2) is 0 Å². The summed E-state index contributed by atoms with van der Waals surface area (Å²) in [5.74, 6) is 2.26. The molecule has 0 aliphatic heterocycles. The number of pyridine rings is 1. The molecule has 0 saturated heterocycles. The van der Waals surface area contributed by atoms with Crippen molar-refractivity contribution in [1.29, 1.82) is 0 Å². The monoisotopic (exact) mass is 351 g/mol. The van der Waals surface area contributed by atoms with E-state index in [9.17, 15) is 0 Å². The molecule has 0 aliphatic rings. The molecule has 5 nitrogen and oxygen atoms in total. The Labute approximate surface area is 154 Å². The molecule has 0 spiro atoms. The van der Waals surface area contributed by atoms with E-state index in [1.54, 1.807) is 0 Å². The van der Waals surface area contributed by atoms with Crippen molar-refractivity contribution in [1.82, 2.24) is 14.9 Å². The number of nitrogens with zero attached hydrogens (tertiary/aromatic N) is 3. The van der Waals surface area contributed by atoms with Gasteiger partial charge < -0.3 is 9.15 Å². The molecule has 1 aromatic carbocycles. The first-order chi connectivity index (χ1) is 12.7. The molecule has 0 amide bonds. The number of hydrogen-bond donors (Lipinski definition) is 0. The average Bonchev–Trinajstić information content (AvgIpc) is 3.03. The summed E-state index contributed by atoms with van der Waals surface area (Å²) in [7, 11) is 0. The maximum absolute atomic E-state index is 5.96. The molecule has 0 N–H and O–H groups in total. The summed E-state index contributed by atoms with van der Waals surface area (Å²) in [4.78, 5) is 11.2. The smallest absolute Gasteiger partial charge is 0.230 e. The highest BCUT2D eigenvalue weighted by atomic mass is 16.5. The van der Waals surface area contributed by atoms with Gasteiger partial charge in [-0.25, -0.2) is 4.98 Å². The lowest BCUT2D eigenvalue weighted by Crippen LogP contribution is -2.22. The molecule has 3 rings (SSSR count). The first-order valence-electron chi connectivity index (χ1n) is 9.01. The zero-order valence-corrected chi connectivity index (χ0v) is 15.6. The Hall–Kier alpha value is -2.66. The molecule has 0 radical (unpaired) electrons. The van der Waals surface area contributed by atoms with Crippen LogP contribution in [0, 0.1) is 6.92 Å². The minimum Gasteiger partial charge on any atom is -0.493 e. The fourth-order valence-electron chi connectivity index (χ4n) is 2.85. The van der Waals surface area contributed by atoms with Gasteiger partial charge in [0.1, 0.15) is 11.5 Å². The van der Waals surface area contributed by atoms with E-state index in [-0.39, 0.29) is 0 Å². The highest BCUT2D eigenvalue weighted by Gasteiger charge is 2.17. The van der Waals surface area contributed by atoms with Gasteiger partial charge in [-0.2, -0.15) is 0 Å². The van der Waals surface area contributed by atoms with Gasteiger partial charge in [-0.15, -0.1) is 0 Å². The van der Waals surface area contributed by atoms with Crippen LogP contribution >= 0.6 is 0 Å². The maximum Gasteiger partial charge on any atom is 0.230 e. The Balaban J connectivity index is 1.79. The van der Waals surface area contributed by atoms with Gasteiger partial charge in [-0.3, -0.25) is 9.88 Å². The van der Waals surface area contributed by atoms with Crippen molar-refractivity contribution >= 4 is 0 Å². The molecule has 0 aliphatic carbocycles. The highest BCUT2D eigenvalue weighted by molar-refractivity contribution is 5.63. The number of ether oxygens (including phenoxy) is 1. The number of hydrogen-bond acceptors (Lipinski definition) is 5. The normalized spacial score (nSPS) is 11.1. The van der Waals surface area contributed by atoms with Crippen molar-refractivity contribution < 1.29 is 9.15 Å². The molecule has 0 bridgehead atoms. The van der Waals surface area contributed by atoms with E-state index in [0.29, 0.717) is 12.5 Å². The summed E-state index contributed by atoms with van der Waals surface area (Å²) in [5.41, 5.74) is 3.09. The van der Waals surface area contributed by atoms with Crippen LogP contribution < -0.4 is 4.74 Å². The van der Waals surface area contributed by atoms with E-state index in [1.807, 2.05) is 62.6 Å².